The first-order valence-electron chi connectivity index (χ1n) is 5.05. The molecule has 0 atom stereocenters. The van der Waals surface area contributed by atoms with Crippen LogP contribution in [-0.2, 0) is 0 Å². The van der Waals surface area contributed by atoms with E-state index in [1.165, 1.54) is 19.3 Å². The SMILES string of the molecule is CCCCCCNc1nccnc1Cl. The van der Waals surface area contributed by atoms with Gasteiger partial charge in [0.15, 0.2) is 11.0 Å². The molecule has 0 unspecified atom stereocenters. The Labute approximate surface area is 89.9 Å². The lowest BCUT2D eigenvalue weighted by atomic mass is 10.2. The van der Waals surface area contributed by atoms with Gasteiger partial charge in [-0.3, -0.25) is 0 Å². The Morgan fingerprint density at radius 3 is 2.71 bits per heavy atom. The number of unbranched alkanes of at least 4 members (excludes halogenated alkanes) is 3. The van der Waals surface area contributed by atoms with Crippen molar-refractivity contribution in [2.75, 3.05) is 11.9 Å². The van der Waals surface area contributed by atoms with Crippen LogP contribution in [0.25, 0.3) is 0 Å². The molecule has 0 aliphatic heterocycles. The van der Waals surface area contributed by atoms with E-state index in [0.717, 1.165) is 13.0 Å². The lowest BCUT2D eigenvalue weighted by Crippen LogP contribution is -2.04. The largest absolute Gasteiger partial charge is 0.368 e. The van der Waals surface area contributed by atoms with E-state index in [9.17, 15) is 0 Å². The van der Waals surface area contributed by atoms with Crippen LogP contribution in [0.1, 0.15) is 32.6 Å². The van der Waals surface area contributed by atoms with Gasteiger partial charge in [0.25, 0.3) is 0 Å². The summed E-state index contributed by atoms with van der Waals surface area (Å²) in [6.45, 7) is 3.12. The molecule has 1 heterocycles. The summed E-state index contributed by atoms with van der Waals surface area (Å²) in [5.41, 5.74) is 0. The minimum Gasteiger partial charge on any atom is -0.368 e. The molecule has 0 saturated heterocycles. The van der Waals surface area contributed by atoms with Gasteiger partial charge in [-0.1, -0.05) is 37.8 Å². The zero-order chi connectivity index (χ0) is 10.2. The Kier molecular flexibility index (Phi) is 5.30. The minimum absolute atomic E-state index is 0.447. The van der Waals surface area contributed by atoms with Crippen molar-refractivity contribution in [3.8, 4) is 0 Å². The van der Waals surface area contributed by atoms with E-state index in [0.29, 0.717) is 11.0 Å². The fourth-order valence-electron chi connectivity index (χ4n) is 1.20. The van der Waals surface area contributed by atoms with E-state index < -0.39 is 0 Å². The second-order valence-corrected chi connectivity index (χ2v) is 3.54. The number of aromatic nitrogens is 2. The molecule has 1 N–H and O–H groups in total. The van der Waals surface area contributed by atoms with Crippen LogP contribution in [0.5, 0.6) is 0 Å². The molecule has 0 aromatic carbocycles. The average molecular weight is 214 g/mol. The molecule has 0 aliphatic carbocycles. The predicted octanol–water partition coefficient (Wildman–Crippen LogP) is 3.12. The molecule has 1 aromatic heterocycles. The maximum Gasteiger partial charge on any atom is 0.171 e. The van der Waals surface area contributed by atoms with E-state index in [2.05, 4.69) is 22.2 Å². The normalized spacial score (nSPS) is 10.1. The molecule has 0 aliphatic rings. The second-order valence-electron chi connectivity index (χ2n) is 3.18. The molecule has 4 heteroatoms. The quantitative estimate of drug-likeness (QED) is 0.738. The lowest BCUT2D eigenvalue weighted by Gasteiger charge is -2.05. The standard InChI is InChI=1S/C10H16ClN3/c1-2-3-4-5-6-13-10-9(11)12-7-8-14-10/h7-8H,2-6H2,1H3,(H,13,14). The third-order valence-electron chi connectivity index (χ3n) is 1.98. The van der Waals surface area contributed by atoms with Crippen LogP contribution in [0.15, 0.2) is 12.4 Å². The number of hydrogen-bond acceptors (Lipinski definition) is 3. The number of halogens is 1. The van der Waals surface area contributed by atoms with Crippen molar-refractivity contribution in [3.63, 3.8) is 0 Å². The van der Waals surface area contributed by atoms with Gasteiger partial charge in [0.2, 0.25) is 0 Å². The molecule has 0 bridgehead atoms. The van der Waals surface area contributed by atoms with E-state index in [-0.39, 0.29) is 0 Å². The van der Waals surface area contributed by atoms with Gasteiger partial charge in [0.05, 0.1) is 0 Å². The van der Waals surface area contributed by atoms with Crippen LogP contribution in [0.4, 0.5) is 5.82 Å². The summed E-state index contributed by atoms with van der Waals surface area (Å²) in [5.74, 6) is 0.686. The van der Waals surface area contributed by atoms with Crippen LogP contribution in [0, 0.1) is 0 Å². The average Bonchev–Trinajstić information content (AvgIpc) is 2.20. The number of anilines is 1. The Bertz CT molecular complexity index is 265. The topological polar surface area (TPSA) is 37.8 Å². The Morgan fingerprint density at radius 1 is 1.21 bits per heavy atom. The van der Waals surface area contributed by atoms with E-state index in [4.69, 9.17) is 11.6 Å². The van der Waals surface area contributed by atoms with E-state index in [1.807, 2.05) is 0 Å². The van der Waals surface area contributed by atoms with Crippen molar-refractivity contribution >= 4 is 17.4 Å². The summed E-state index contributed by atoms with van der Waals surface area (Å²) in [7, 11) is 0. The van der Waals surface area contributed by atoms with Gasteiger partial charge in [0, 0.05) is 18.9 Å². The molecule has 78 valence electrons. The van der Waals surface area contributed by atoms with Gasteiger partial charge in [-0.25, -0.2) is 9.97 Å². The van der Waals surface area contributed by atoms with E-state index in [1.54, 1.807) is 12.4 Å². The van der Waals surface area contributed by atoms with Crippen LogP contribution < -0.4 is 5.32 Å². The first-order valence-corrected chi connectivity index (χ1v) is 5.42. The fraction of sp³-hybridized carbons (Fsp3) is 0.600. The molecule has 0 spiro atoms. The van der Waals surface area contributed by atoms with Crippen molar-refractivity contribution in [2.45, 2.75) is 32.6 Å². The molecule has 1 rings (SSSR count). The highest BCUT2D eigenvalue weighted by Gasteiger charge is 1.99. The third kappa shape index (κ3) is 3.92. The summed E-state index contributed by atoms with van der Waals surface area (Å²) in [5, 5.41) is 3.61. The first kappa shape index (κ1) is 11.2. The molecule has 0 saturated carbocycles. The number of nitrogens with one attached hydrogen (secondary N) is 1. The summed E-state index contributed by atoms with van der Waals surface area (Å²) < 4.78 is 0. The number of nitrogens with zero attached hydrogens (tertiary/aromatic N) is 2. The molecule has 0 amide bonds. The van der Waals surface area contributed by atoms with Gasteiger partial charge in [-0.15, -0.1) is 0 Å². The summed E-state index contributed by atoms with van der Waals surface area (Å²) in [6, 6.07) is 0. The summed E-state index contributed by atoms with van der Waals surface area (Å²) in [6.07, 6.45) is 8.18. The highest BCUT2D eigenvalue weighted by atomic mass is 35.5. The first-order chi connectivity index (χ1) is 6.84. The highest BCUT2D eigenvalue weighted by molar-refractivity contribution is 6.31. The molecule has 14 heavy (non-hydrogen) atoms. The Hall–Kier alpha value is -0.830. The molecular weight excluding hydrogens is 198 g/mol. The van der Waals surface area contributed by atoms with Crippen molar-refractivity contribution in [1.29, 1.82) is 0 Å². The maximum atomic E-state index is 5.83. The van der Waals surface area contributed by atoms with Gasteiger partial charge in [-0.2, -0.15) is 0 Å². The highest BCUT2D eigenvalue weighted by Crippen LogP contribution is 2.13. The molecule has 3 nitrogen and oxygen atoms in total. The van der Waals surface area contributed by atoms with Crippen molar-refractivity contribution in [2.24, 2.45) is 0 Å². The number of rotatable bonds is 6. The molecule has 1 aromatic rings. The number of hydrogen-bond donors (Lipinski definition) is 1. The van der Waals surface area contributed by atoms with Gasteiger partial charge in [-0.05, 0) is 6.42 Å². The lowest BCUT2D eigenvalue weighted by molar-refractivity contribution is 0.684. The predicted molar refractivity (Wildman–Crippen MR) is 59.7 cm³/mol. The molecular formula is C10H16ClN3. The van der Waals surface area contributed by atoms with Crippen LogP contribution in [-0.4, -0.2) is 16.5 Å². The summed E-state index contributed by atoms with van der Waals surface area (Å²) >= 11 is 5.83. The van der Waals surface area contributed by atoms with Crippen LogP contribution in [0.3, 0.4) is 0 Å². The van der Waals surface area contributed by atoms with Crippen LogP contribution in [0.2, 0.25) is 5.15 Å². The third-order valence-corrected chi connectivity index (χ3v) is 2.25. The maximum absolute atomic E-state index is 5.83. The Balaban J connectivity index is 2.21. The van der Waals surface area contributed by atoms with Crippen molar-refractivity contribution < 1.29 is 0 Å². The molecule has 0 fully saturated rings. The fourth-order valence-corrected chi connectivity index (χ4v) is 1.37. The smallest absolute Gasteiger partial charge is 0.171 e. The zero-order valence-electron chi connectivity index (χ0n) is 8.46. The minimum atomic E-state index is 0.447. The van der Waals surface area contributed by atoms with Crippen molar-refractivity contribution in [3.05, 3.63) is 17.5 Å². The van der Waals surface area contributed by atoms with Gasteiger partial charge >= 0.3 is 0 Å². The monoisotopic (exact) mass is 213 g/mol. The van der Waals surface area contributed by atoms with Gasteiger partial charge in [0.1, 0.15) is 0 Å². The molecule has 0 radical (unpaired) electrons. The van der Waals surface area contributed by atoms with E-state index >= 15 is 0 Å². The summed E-state index contributed by atoms with van der Waals surface area (Å²) in [4.78, 5) is 8.03. The zero-order valence-corrected chi connectivity index (χ0v) is 9.22. The van der Waals surface area contributed by atoms with Crippen LogP contribution >= 0.6 is 11.6 Å². The second kappa shape index (κ2) is 6.60. The Morgan fingerprint density at radius 2 is 2.00 bits per heavy atom. The van der Waals surface area contributed by atoms with Crippen molar-refractivity contribution in [1.82, 2.24) is 9.97 Å². The van der Waals surface area contributed by atoms with Gasteiger partial charge < -0.3 is 5.32 Å².